The van der Waals surface area contributed by atoms with Crippen molar-refractivity contribution >= 4 is 33.3 Å². The average molecular weight is 265 g/mol. The Morgan fingerprint density at radius 1 is 1.29 bits per heavy atom. The summed E-state index contributed by atoms with van der Waals surface area (Å²) in [4.78, 5) is -0.887. The number of hydrogen-bond donors (Lipinski definition) is 1. The minimum absolute atomic E-state index is 0. The first-order chi connectivity index (χ1) is 5.84. The zero-order valence-corrected chi connectivity index (χ0v) is 11.3. The maximum absolute atomic E-state index is 11.0. The second kappa shape index (κ2) is 5.03. The molecule has 72 valence electrons. The van der Waals surface area contributed by atoms with E-state index in [4.69, 9.17) is 27.8 Å². The molecule has 0 saturated carbocycles. The molecule has 0 atom stereocenters. The van der Waals surface area contributed by atoms with Crippen LogP contribution in [0.4, 0.5) is 0 Å². The van der Waals surface area contributed by atoms with Gasteiger partial charge in [-0.3, -0.25) is 4.55 Å². The van der Waals surface area contributed by atoms with Gasteiger partial charge in [0.05, 0.1) is 10.0 Å². The predicted molar refractivity (Wildman–Crippen MR) is 45.7 cm³/mol. The minimum atomic E-state index is -4.62. The van der Waals surface area contributed by atoms with E-state index in [2.05, 4.69) is 0 Å². The largest absolute Gasteiger partial charge is 1.00 e. The molecule has 0 unspecified atom stereocenters. The maximum atomic E-state index is 11.0. The first kappa shape index (κ1) is 14.5. The van der Waals surface area contributed by atoms with Crippen molar-refractivity contribution < 1.29 is 47.6 Å². The van der Waals surface area contributed by atoms with E-state index in [0.717, 1.165) is 12.1 Å². The van der Waals surface area contributed by atoms with Crippen molar-refractivity contribution in [2.75, 3.05) is 0 Å². The van der Waals surface area contributed by atoms with Crippen LogP contribution >= 0.6 is 23.2 Å². The zero-order valence-electron chi connectivity index (χ0n) is 6.99. The summed E-state index contributed by atoms with van der Waals surface area (Å²) in [5.74, 6) is -0.892. The molecule has 0 heterocycles. The fraction of sp³-hybridized carbons (Fsp3) is 0. The molecule has 1 rings (SSSR count). The molecule has 14 heavy (non-hydrogen) atoms. The Bertz CT molecular complexity index is 445. The second-order valence-electron chi connectivity index (χ2n) is 2.16. The quantitative estimate of drug-likeness (QED) is 0.486. The molecule has 0 saturated heterocycles. The van der Waals surface area contributed by atoms with Gasteiger partial charge in [-0.2, -0.15) is 8.42 Å². The van der Waals surface area contributed by atoms with Gasteiger partial charge in [-0.15, -0.1) is 0 Å². The molecular formula is C6H3Cl2NaO4S. The second-order valence-corrected chi connectivity index (χ2v) is 4.31. The average Bonchev–Trinajstić information content (AvgIpc) is 1.95. The summed E-state index contributed by atoms with van der Waals surface area (Å²) >= 11 is 10.9. The Morgan fingerprint density at radius 2 is 1.79 bits per heavy atom. The predicted octanol–water partition coefficient (Wildman–Crippen LogP) is -1.68. The third-order valence-corrected chi connectivity index (χ3v) is 3.11. The standard InChI is InChI=1S/C6H4Cl2O4S.Na/c7-3-1-2-4(9)6(5(3)8)13(10,11)12;/h1-2,9H,(H,10,11,12);/q;+1/p-1. The molecule has 1 N–H and O–H groups in total. The summed E-state index contributed by atoms with van der Waals surface area (Å²) in [5, 5.41) is 10.4. The molecule has 0 amide bonds. The third-order valence-electron chi connectivity index (χ3n) is 1.27. The van der Waals surface area contributed by atoms with Crippen molar-refractivity contribution in [1.29, 1.82) is 0 Å². The van der Waals surface area contributed by atoms with Crippen molar-refractivity contribution in [3.63, 3.8) is 0 Å². The number of hydrogen-bond acceptors (Lipinski definition) is 3. The van der Waals surface area contributed by atoms with Gasteiger partial charge in [0, 0.05) is 0 Å². The van der Waals surface area contributed by atoms with Crippen LogP contribution < -0.4 is 34.7 Å². The van der Waals surface area contributed by atoms with Crippen molar-refractivity contribution in [1.82, 2.24) is 0 Å². The molecule has 0 aliphatic carbocycles. The number of benzene rings is 1. The van der Waals surface area contributed by atoms with Crippen LogP contribution in [0.5, 0.6) is 5.75 Å². The Kier molecular flexibility index (Phi) is 5.21. The van der Waals surface area contributed by atoms with Crippen molar-refractivity contribution in [2.45, 2.75) is 4.90 Å². The summed E-state index contributed by atoms with van der Waals surface area (Å²) in [6.45, 7) is 0. The number of halogens is 2. The fourth-order valence-corrected chi connectivity index (χ4v) is 2.08. The summed E-state index contributed by atoms with van der Waals surface area (Å²) < 4.78 is 29.9. The molecule has 0 aromatic heterocycles. The molecule has 4 nitrogen and oxygen atoms in total. The monoisotopic (exact) mass is 264 g/mol. The van der Waals surface area contributed by atoms with Crippen LogP contribution in [0.1, 0.15) is 0 Å². The van der Waals surface area contributed by atoms with Gasteiger partial charge in [-0.1, -0.05) is 35.0 Å². The minimum Gasteiger partial charge on any atom is -0.871 e. The van der Waals surface area contributed by atoms with E-state index in [1.807, 2.05) is 0 Å². The molecule has 0 aliphatic rings. The molecule has 8 heteroatoms. The van der Waals surface area contributed by atoms with E-state index in [1.54, 1.807) is 0 Å². The van der Waals surface area contributed by atoms with Crippen LogP contribution in [-0.2, 0) is 10.1 Å². The number of rotatable bonds is 1. The SMILES string of the molecule is O=S(=O)(O)c1c([O-])ccc(Cl)c1Cl.[Na+]. The van der Waals surface area contributed by atoms with Gasteiger partial charge >= 0.3 is 29.6 Å². The van der Waals surface area contributed by atoms with Crippen LogP contribution in [0.15, 0.2) is 17.0 Å². The normalized spacial score (nSPS) is 10.8. The Labute approximate surface area is 113 Å². The van der Waals surface area contributed by atoms with Crippen LogP contribution in [0.25, 0.3) is 0 Å². The summed E-state index contributed by atoms with van der Waals surface area (Å²) in [6.07, 6.45) is 0. The fourth-order valence-electron chi connectivity index (χ4n) is 0.755. The first-order valence-corrected chi connectivity index (χ1v) is 5.16. The Balaban J connectivity index is 0.00000169. The van der Waals surface area contributed by atoms with Crippen LogP contribution in [0.3, 0.4) is 0 Å². The van der Waals surface area contributed by atoms with Gasteiger partial charge in [0.1, 0.15) is 4.90 Å². The van der Waals surface area contributed by atoms with E-state index >= 15 is 0 Å². The van der Waals surface area contributed by atoms with E-state index in [-0.39, 0.29) is 34.6 Å². The van der Waals surface area contributed by atoms with Gasteiger partial charge in [-0.25, -0.2) is 0 Å². The molecular weight excluding hydrogens is 262 g/mol. The van der Waals surface area contributed by atoms with Crippen LogP contribution in [0.2, 0.25) is 10.0 Å². The molecule has 0 fully saturated rings. The molecule has 0 aliphatic heterocycles. The van der Waals surface area contributed by atoms with E-state index < -0.39 is 25.8 Å². The molecule has 0 radical (unpaired) electrons. The van der Waals surface area contributed by atoms with Gasteiger partial charge in [0.15, 0.2) is 0 Å². The van der Waals surface area contributed by atoms with Gasteiger partial charge < -0.3 is 5.11 Å². The van der Waals surface area contributed by atoms with Crippen molar-refractivity contribution in [2.24, 2.45) is 0 Å². The first-order valence-electron chi connectivity index (χ1n) is 2.96. The van der Waals surface area contributed by atoms with E-state index in [0.29, 0.717) is 0 Å². The van der Waals surface area contributed by atoms with E-state index in [9.17, 15) is 13.5 Å². The summed E-state index contributed by atoms with van der Waals surface area (Å²) in [5.41, 5.74) is 0. The van der Waals surface area contributed by atoms with Crippen LogP contribution in [-0.4, -0.2) is 13.0 Å². The molecule has 0 spiro atoms. The van der Waals surface area contributed by atoms with Gasteiger partial charge in [0.2, 0.25) is 0 Å². The molecule has 1 aromatic carbocycles. The van der Waals surface area contributed by atoms with E-state index in [1.165, 1.54) is 0 Å². The van der Waals surface area contributed by atoms with Gasteiger partial charge in [-0.05, 0) is 6.07 Å². The topological polar surface area (TPSA) is 77.4 Å². The van der Waals surface area contributed by atoms with Crippen molar-refractivity contribution in [3.05, 3.63) is 22.2 Å². The summed E-state index contributed by atoms with van der Waals surface area (Å²) in [6, 6.07) is 2.07. The Morgan fingerprint density at radius 3 is 2.14 bits per heavy atom. The maximum Gasteiger partial charge on any atom is 1.00 e. The van der Waals surface area contributed by atoms with Gasteiger partial charge in [0.25, 0.3) is 10.1 Å². The third kappa shape index (κ3) is 3.00. The smallest absolute Gasteiger partial charge is 0.871 e. The van der Waals surface area contributed by atoms with Crippen molar-refractivity contribution in [3.8, 4) is 5.75 Å². The van der Waals surface area contributed by atoms with Crippen LogP contribution in [0, 0.1) is 0 Å². The Hall–Kier alpha value is 0.510. The summed E-state index contributed by atoms with van der Waals surface area (Å²) in [7, 11) is -4.62. The zero-order chi connectivity index (χ0) is 10.2. The molecule has 0 bridgehead atoms. The molecule has 1 aromatic rings.